The van der Waals surface area contributed by atoms with E-state index in [0.717, 1.165) is 12.1 Å². The first-order chi connectivity index (χ1) is 9.23. The lowest BCUT2D eigenvalue weighted by molar-refractivity contribution is -0.137. The highest BCUT2D eigenvalue weighted by Gasteiger charge is 2.25. The highest BCUT2D eigenvalue weighted by molar-refractivity contribution is 6.05. The summed E-state index contributed by atoms with van der Waals surface area (Å²) in [5, 5.41) is 35.5. The van der Waals surface area contributed by atoms with Crippen molar-refractivity contribution in [1.29, 1.82) is 0 Å². The molecule has 0 radical (unpaired) electrons. The van der Waals surface area contributed by atoms with Gasteiger partial charge in [0.05, 0.1) is 24.0 Å². The molecule has 0 aromatic heterocycles. The minimum absolute atomic E-state index is 0.198. The number of aliphatic carboxylic acids is 2. The molecule has 0 unspecified atom stereocenters. The minimum Gasteiger partial charge on any atom is -0.481 e. The summed E-state index contributed by atoms with van der Waals surface area (Å²) in [6.45, 7) is 0. The summed E-state index contributed by atoms with van der Waals surface area (Å²) in [5.41, 5.74) is -1.79. The predicted octanol–water partition coefficient (Wildman–Crippen LogP) is 0.337. The van der Waals surface area contributed by atoms with Crippen LogP contribution < -0.4 is 0 Å². The summed E-state index contributed by atoms with van der Waals surface area (Å²) < 4.78 is 0. The fourth-order valence-electron chi connectivity index (χ4n) is 1.80. The Bertz CT molecular complexity index is 549. The normalized spacial score (nSPS) is 10.0. The van der Waals surface area contributed by atoms with Gasteiger partial charge in [0, 0.05) is 0 Å². The van der Waals surface area contributed by atoms with Gasteiger partial charge in [-0.2, -0.15) is 0 Å². The van der Waals surface area contributed by atoms with Gasteiger partial charge in [-0.05, 0) is 11.1 Å². The van der Waals surface area contributed by atoms with Gasteiger partial charge in [0.2, 0.25) is 0 Å². The second kappa shape index (κ2) is 5.83. The van der Waals surface area contributed by atoms with E-state index in [4.69, 9.17) is 20.4 Å². The molecule has 106 valence electrons. The molecule has 0 aliphatic rings. The number of carbonyl (C=O) groups is 4. The number of carboxylic acid groups (broad SMARTS) is 4. The van der Waals surface area contributed by atoms with Crippen molar-refractivity contribution < 1.29 is 39.6 Å². The lowest BCUT2D eigenvalue weighted by atomic mass is 9.92. The SMILES string of the molecule is O=C(O)Cc1ccc(CC(=O)O)c(C(=O)O)c1C(=O)O. The van der Waals surface area contributed by atoms with Crippen LogP contribution in [0.2, 0.25) is 0 Å². The number of rotatable bonds is 6. The van der Waals surface area contributed by atoms with Crippen LogP contribution >= 0.6 is 0 Å². The molecular formula is C12H10O8. The molecular weight excluding hydrogens is 272 g/mol. The van der Waals surface area contributed by atoms with E-state index in [1.807, 2.05) is 0 Å². The summed E-state index contributed by atoms with van der Waals surface area (Å²) in [7, 11) is 0. The highest BCUT2D eigenvalue weighted by Crippen LogP contribution is 2.21. The zero-order valence-corrected chi connectivity index (χ0v) is 9.99. The largest absolute Gasteiger partial charge is 0.481 e. The van der Waals surface area contributed by atoms with Crippen LogP contribution in [-0.4, -0.2) is 44.3 Å². The van der Waals surface area contributed by atoms with E-state index in [1.165, 1.54) is 0 Å². The Labute approximate surface area is 111 Å². The summed E-state index contributed by atoms with van der Waals surface area (Å²) in [6, 6.07) is 2.23. The Balaban J connectivity index is 3.57. The molecule has 1 rings (SSSR count). The molecule has 0 spiro atoms. The Morgan fingerprint density at radius 1 is 0.700 bits per heavy atom. The van der Waals surface area contributed by atoms with Gasteiger partial charge in [0.1, 0.15) is 0 Å². The number of aromatic carboxylic acids is 2. The zero-order chi connectivity index (χ0) is 15.4. The van der Waals surface area contributed by atoms with E-state index in [1.54, 1.807) is 0 Å². The van der Waals surface area contributed by atoms with Crippen LogP contribution in [0.25, 0.3) is 0 Å². The molecule has 8 heteroatoms. The zero-order valence-electron chi connectivity index (χ0n) is 9.99. The van der Waals surface area contributed by atoms with Crippen molar-refractivity contribution in [2.24, 2.45) is 0 Å². The number of carboxylic acids is 4. The Morgan fingerprint density at radius 3 is 1.20 bits per heavy atom. The fourth-order valence-corrected chi connectivity index (χ4v) is 1.80. The average Bonchev–Trinajstić information content (AvgIpc) is 2.28. The topological polar surface area (TPSA) is 149 Å². The van der Waals surface area contributed by atoms with Gasteiger partial charge in [-0.3, -0.25) is 9.59 Å². The molecule has 1 aromatic carbocycles. The highest BCUT2D eigenvalue weighted by atomic mass is 16.4. The van der Waals surface area contributed by atoms with Gasteiger partial charge in [0.15, 0.2) is 0 Å². The molecule has 0 aliphatic heterocycles. The number of hydrogen-bond acceptors (Lipinski definition) is 4. The van der Waals surface area contributed by atoms with Gasteiger partial charge in [-0.1, -0.05) is 12.1 Å². The van der Waals surface area contributed by atoms with Crippen molar-refractivity contribution in [3.8, 4) is 0 Å². The van der Waals surface area contributed by atoms with Crippen LogP contribution in [0.3, 0.4) is 0 Å². The molecule has 0 aliphatic carbocycles. The van der Waals surface area contributed by atoms with E-state index >= 15 is 0 Å². The van der Waals surface area contributed by atoms with Crippen molar-refractivity contribution in [2.45, 2.75) is 12.8 Å². The van der Waals surface area contributed by atoms with Crippen molar-refractivity contribution in [3.63, 3.8) is 0 Å². The molecule has 0 saturated heterocycles. The molecule has 4 N–H and O–H groups in total. The van der Waals surface area contributed by atoms with Crippen molar-refractivity contribution >= 4 is 23.9 Å². The molecule has 0 saturated carbocycles. The molecule has 8 nitrogen and oxygen atoms in total. The van der Waals surface area contributed by atoms with Gasteiger partial charge >= 0.3 is 23.9 Å². The van der Waals surface area contributed by atoms with E-state index < -0.39 is 47.8 Å². The van der Waals surface area contributed by atoms with E-state index in [-0.39, 0.29) is 11.1 Å². The van der Waals surface area contributed by atoms with E-state index in [0.29, 0.717) is 0 Å². The van der Waals surface area contributed by atoms with Gasteiger partial charge in [0.25, 0.3) is 0 Å². The van der Waals surface area contributed by atoms with Crippen molar-refractivity contribution in [3.05, 3.63) is 34.4 Å². The second-order valence-electron chi connectivity index (χ2n) is 3.89. The molecule has 0 heterocycles. The maximum absolute atomic E-state index is 11.2. The van der Waals surface area contributed by atoms with E-state index in [2.05, 4.69) is 0 Å². The third kappa shape index (κ3) is 3.31. The van der Waals surface area contributed by atoms with Gasteiger partial charge < -0.3 is 20.4 Å². The van der Waals surface area contributed by atoms with Crippen molar-refractivity contribution in [1.82, 2.24) is 0 Å². The first-order valence-electron chi connectivity index (χ1n) is 5.29. The minimum atomic E-state index is -1.62. The number of hydrogen-bond donors (Lipinski definition) is 4. The Morgan fingerprint density at radius 2 is 1.00 bits per heavy atom. The maximum Gasteiger partial charge on any atom is 0.336 e. The summed E-state index contributed by atoms with van der Waals surface area (Å²) >= 11 is 0. The molecule has 0 amide bonds. The maximum atomic E-state index is 11.2. The van der Waals surface area contributed by atoms with Crippen LogP contribution in [0, 0.1) is 0 Å². The first kappa shape index (κ1) is 15.2. The molecule has 0 fully saturated rings. The van der Waals surface area contributed by atoms with Crippen LogP contribution in [0.15, 0.2) is 12.1 Å². The standard InChI is InChI=1S/C12H10O8/c13-7(14)3-5-1-2-6(4-8(15)16)10(12(19)20)9(5)11(17)18/h1-2H,3-4H2,(H,13,14)(H,15,16)(H,17,18)(H,19,20). The van der Waals surface area contributed by atoms with Gasteiger partial charge in [-0.15, -0.1) is 0 Å². The fraction of sp³-hybridized carbons (Fsp3) is 0.167. The lowest BCUT2D eigenvalue weighted by Gasteiger charge is -2.11. The Kier molecular flexibility index (Phi) is 4.42. The summed E-state index contributed by atoms with van der Waals surface area (Å²) in [4.78, 5) is 43.6. The first-order valence-corrected chi connectivity index (χ1v) is 5.29. The van der Waals surface area contributed by atoms with Crippen LogP contribution in [0.4, 0.5) is 0 Å². The smallest absolute Gasteiger partial charge is 0.336 e. The van der Waals surface area contributed by atoms with Crippen LogP contribution in [0.5, 0.6) is 0 Å². The predicted molar refractivity (Wildman–Crippen MR) is 63.0 cm³/mol. The molecule has 0 atom stereocenters. The van der Waals surface area contributed by atoms with Crippen molar-refractivity contribution in [2.75, 3.05) is 0 Å². The second-order valence-corrected chi connectivity index (χ2v) is 3.89. The Hall–Kier alpha value is -2.90. The quantitative estimate of drug-likeness (QED) is 0.583. The van der Waals surface area contributed by atoms with E-state index in [9.17, 15) is 19.2 Å². The summed E-state index contributed by atoms with van der Waals surface area (Å²) in [5.74, 6) is -5.89. The van der Waals surface area contributed by atoms with Crippen LogP contribution in [0.1, 0.15) is 31.8 Å². The average molecular weight is 282 g/mol. The third-order valence-electron chi connectivity index (χ3n) is 2.49. The van der Waals surface area contributed by atoms with Gasteiger partial charge in [-0.25, -0.2) is 9.59 Å². The summed E-state index contributed by atoms with van der Waals surface area (Å²) in [6.07, 6.45) is -1.34. The van der Waals surface area contributed by atoms with Crippen LogP contribution in [-0.2, 0) is 22.4 Å². The molecule has 1 aromatic rings. The number of benzene rings is 1. The molecule has 20 heavy (non-hydrogen) atoms. The molecule has 0 bridgehead atoms. The lowest BCUT2D eigenvalue weighted by Crippen LogP contribution is -2.18. The monoisotopic (exact) mass is 282 g/mol. The third-order valence-corrected chi connectivity index (χ3v) is 2.49.